The van der Waals surface area contributed by atoms with E-state index in [-0.39, 0.29) is 5.92 Å². The molecule has 0 saturated heterocycles. The first kappa shape index (κ1) is 8.19. The van der Waals surface area contributed by atoms with E-state index in [4.69, 9.17) is 0 Å². The van der Waals surface area contributed by atoms with E-state index < -0.39 is 0 Å². The maximum atomic E-state index is 10.9. The minimum Gasteiger partial charge on any atom is -0.348 e. The summed E-state index contributed by atoms with van der Waals surface area (Å²) in [5, 5.41) is 1.96. The fourth-order valence-corrected chi connectivity index (χ4v) is 2.00. The number of aromatic nitrogens is 2. The average molecular weight is 192 g/mol. The Morgan fingerprint density at radius 1 is 1.62 bits per heavy atom. The highest BCUT2D eigenvalue weighted by Gasteiger charge is 2.14. The third kappa shape index (κ3) is 1.53. The van der Waals surface area contributed by atoms with Gasteiger partial charge in [0.25, 0.3) is 0 Å². The highest BCUT2D eigenvalue weighted by atomic mass is 32.1. The SMILES string of the molecule is O=CC(c1cnc[nH]1)c1cccs1. The van der Waals surface area contributed by atoms with Crippen molar-refractivity contribution in [2.45, 2.75) is 5.92 Å². The summed E-state index contributed by atoms with van der Waals surface area (Å²) in [5.41, 5.74) is 0.845. The van der Waals surface area contributed by atoms with Crippen molar-refractivity contribution in [1.29, 1.82) is 0 Å². The van der Waals surface area contributed by atoms with Crippen LogP contribution in [0.15, 0.2) is 30.0 Å². The normalized spacial score (nSPS) is 12.6. The van der Waals surface area contributed by atoms with Crippen molar-refractivity contribution in [2.24, 2.45) is 0 Å². The van der Waals surface area contributed by atoms with Crippen LogP contribution in [0.3, 0.4) is 0 Å². The first-order valence-electron chi connectivity index (χ1n) is 3.89. The molecule has 1 atom stereocenters. The number of aldehydes is 1. The van der Waals surface area contributed by atoms with Crippen LogP contribution in [-0.2, 0) is 4.79 Å². The van der Waals surface area contributed by atoms with Gasteiger partial charge in [-0.1, -0.05) is 6.07 Å². The summed E-state index contributed by atoms with van der Waals surface area (Å²) in [6.45, 7) is 0. The number of carbonyl (C=O) groups excluding carboxylic acids is 1. The second kappa shape index (κ2) is 3.53. The van der Waals surface area contributed by atoms with E-state index in [0.717, 1.165) is 16.9 Å². The topological polar surface area (TPSA) is 45.8 Å². The number of imidazole rings is 1. The second-order valence-corrected chi connectivity index (χ2v) is 3.62. The molecule has 0 aromatic carbocycles. The van der Waals surface area contributed by atoms with E-state index in [1.54, 1.807) is 23.9 Å². The van der Waals surface area contributed by atoms with Gasteiger partial charge in [-0.2, -0.15) is 0 Å². The first-order chi connectivity index (χ1) is 6.42. The van der Waals surface area contributed by atoms with Crippen LogP contribution in [0.25, 0.3) is 0 Å². The van der Waals surface area contributed by atoms with Crippen LogP contribution in [0.2, 0.25) is 0 Å². The van der Waals surface area contributed by atoms with Crippen LogP contribution in [0.4, 0.5) is 0 Å². The van der Waals surface area contributed by atoms with Crippen molar-refractivity contribution >= 4 is 17.6 Å². The quantitative estimate of drug-likeness (QED) is 0.754. The minimum absolute atomic E-state index is 0.192. The predicted molar refractivity (Wildman–Crippen MR) is 50.8 cm³/mol. The molecule has 13 heavy (non-hydrogen) atoms. The zero-order valence-electron chi connectivity index (χ0n) is 6.81. The van der Waals surface area contributed by atoms with Crippen molar-refractivity contribution in [3.63, 3.8) is 0 Å². The zero-order chi connectivity index (χ0) is 9.10. The Balaban J connectivity index is 2.35. The van der Waals surface area contributed by atoms with Crippen molar-refractivity contribution in [1.82, 2.24) is 9.97 Å². The number of hydrogen-bond donors (Lipinski definition) is 1. The molecule has 4 heteroatoms. The Bertz CT molecular complexity index is 332. The van der Waals surface area contributed by atoms with Gasteiger partial charge >= 0.3 is 0 Å². The first-order valence-corrected chi connectivity index (χ1v) is 4.76. The van der Waals surface area contributed by atoms with Crippen LogP contribution in [0.1, 0.15) is 16.5 Å². The molecule has 0 aliphatic carbocycles. The highest BCUT2D eigenvalue weighted by molar-refractivity contribution is 7.10. The lowest BCUT2D eigenvalue weighted by molar-refractivity contribution is -0.108. The number of carbonyl (C=O) groups is 1. The van der Waals surface area contributed by atoms with E-state index in [9.17, 15) is 4.79 Å². The van der Waals surface area contributed by atoms with E-state index in [1.807, 2.05) is 17.5 Å². The maximum Gasteiger partial charge on any atom is 0.134 e. The molecule has 2 rings (SSSR count). The van der Waals surface area contributed by atoms with Gasteiger partial charge in [0.15, 0.2) is 0 Å². The predicted octanol–water partition coefficient (Wildman–Crippen LogP) is 1.80. The maximum absolute atomic E-state index is 10.9. The monoisotopic (exact) mass is 192 g/mol. The Labute approximate surface area is 79.4 Å². The van der Waals surface area contributed by atoms with Crippen molar-refractivity contribution in [3.05, 3.63) is 40.6 Å². The average Bonchev–Trinajstić information content (AvgIpc) is 2.76. The lowest BCUT2D eigenvalue weighted by Crippen LogP contribution is -1.99. The molecule has 1 unspecified atom stereocenters. The van der Waals surface area contributed by atoms with Crippen LogP contribution < -0.4 is 0 Å². The Morgan fingerprint density at radius 2 is 2.54 bits per heavy atom. The lowest BCUT2D eigenvalue weighted by Gasteiger charge is -2.03. The molecule has 0 radical (unpaired) electrons. The number of thiophene rings is 1. The number of rotatable bonds is 3. The molecule has 2 aromatic rings. The number of hydrogen-bond acceptors (Lipinski definition) is 3. The fourth-order valence-electron chi connectivity index (χ4n) is 1.20. The van der Waals surface area contributed by atoms with E-state index >= 15 is 0 Å². The molecule has 0 aliphatic heterocycles. The van der Waals surface area contributed by atoms with Crippen LogP contribution in [0.5, 0.6) is 0 Å². The molecule has 0 spiro atoms. The molecule has 1 N–H and O–H groups in total. The van der Waals surface area contributed by atoms with Gasteiger partial charge in [-0.15, -0.1) is 11.3 Å². The van der Waals surface area contributed by atoms with E-state index in [2.05, 4.69) is 9.97 Å². The Hall–Kier alpha value is -1.42. The second-order valence-electron chi connectivity index (χ2n) is 2.64. The smallest absolute Gasteiger partial charge is 0.134 e. The summed E-state index contributed by atoms with van der Waals surface area (Å²) in [4.78, 5) is 18.7. The Morgan fingerprint density at radius 3 is 3.08 bits per heavy atom. The zero-order valence-corrected chi connectivity index (χ0v) is 7.62. The molecule has 0 saturated carbocycles. The highest BCUT2D eigenvalue weighted by Crippen LogP contribution is 2.24. The number of nitrogens with one attached hydrogen (secondary N) is 1. The standard InChI is InChI=1S/C9H8N2OS/c12-5-7(8-4-10-6-11-8)9-2-1-3-13-9/h1-7H,(H,10,11). The molecule has 66 valence electrons. The van der Waals surface area contributed by atoms with Crippen molar-refractivity contribution in [2.75, 3.05) is 0 Å². The molecular weight excluding hydrogens is 184 g/mol. The minimum atomic E-state index is -0.192. The molecule has 3 nitrogen and oxygen atoms in total. The summed E-state index contributed by atoms with van der Waals surface area (Å²) in [6, 6.07) is 3.89. The van der Waals surface area contributed by atoms with Gasteiger partial charge in [-0.25, -0.2) is 4.98 Å². The van der Waals surface area contributed by atoms with E-state index in [1.165, 1.54) is 0 Å². The summed E-state index contributed by atoms with van der Waals surface area (Å²) in [7, 11) is 0. The van der Waals surface area contributed by atoms with Gasteiger partial charge in [0, 0.05) is 11.1 Å². The summed E-state index contributed by atoms with van der Waals surface area (Å²) < 4.78 is 0. The number of aromatic amines is 1. The summed E-state index contributed by atoms with van der Waals surface area (Å²) in [5.74, 6) is -0.192. The largest absolute Gasteiger partial charge is 0.348 e. The fraction of sp³-hybridized carbons (Fsp3) is 0.111. The van der Waals surface area contributed by atoms with Gasteiger partial charge < -0.3 is 9.78 Å². The molecule has 2 aromatic heterocycles. The Kier molecular flexibility index (Phi) is 2.23. The number of nitrogens with zero attached hydrogens (tertiary/aromatic N) is 1. The van der Waals surface area contributed by atoms with Gasteiger partial charge in [-0.05, 0) is 11.4 Å². The van der Waals surface area contributed by atoms with Crippen molar-refractivity contribution < 1.29 is 4.79 Å². The molecule has 0 fully saturated rings. The van der Waals surface area contributed by atoms with Gasteiger partial charge in [0.2, 0.25) is 0 Å². The van der Waals surface area contributed by atoms with Gasteiger partial charge in [-0.3, -0.25) is 0 Å². The third-order valence-corrected chi connectivity index (χ3v) is 2.80. The summed E-state index contributed by atoms with van der Waals surface area (Å²) >= 11 is 1.57. The lowest BCUT2D eigenvalue weighted by atomic mass is 10.1. The number of H-pyrrole nitrogens is 1. The molecule has 2 heterocycles. The van der Waals surface area contributed by atoms with Crippen LogP contribution in [-0.4, -0.2) is 16.3 Å². The molecule has 0 aliphatic rings. The van der Waals surface area contributed by atoms with Gasteiger partial charge in [0.05, 0.1) is 17.9 Å². The van der Waals surface area contributed by atoms with Crippen LogP contribution >= 0.6 is 11.3 Å². The summed E-state index contributed by atoms with van der Waals surface area (Å²) in [6.07, 6.45) is 4.19. The van der Waals surface area contributed by atoms with Gasteiger partial charge in [0.1, 0.15) is 6.29 Å². The van der Waals surface area contributed by atoms with E-state index in [0.29, 0.717) is 0 Å². The van der Waals surface area contributed by atoms with Crippen LogP contribution in [0, 0.1) is 0 Å². The third-order valence-electron chi connectivity index (χ3n) is 1.84. The molecule has 0 amide bonds. The molecular formula is C9H8N2OS. The van der Waals surface area contributed by atoms with Crippen molar-refractivity contribution in [3.8, 4) is 0 Å². The molecule has 0 bridgehead atoms.